The van der Waals surface area contributed by atoms with Crippen LogP contribution in [0.4, 0.5) is 0 Å². The maximum atomic E-state index is 12.7. The summed E-state index contributed by atoms with van der Waals surface area (Å²) in [5, 5.41) is 8.94. The number of piperidine rings is 1. The summed E-state index contributed by atoms with van der Waals surface area (Å²) in [7, 11) is -3.46. The molecule has 2 heterocycles. The first-order valence-electron chi connectivity index (χ1n) is 8.26. The molecular formula is C17H21N3O3S. The van der Waals surface area contributed by atoms with Crippen molar-refractivity contribution < 1.29 is 13.2 Å². The normalized spacial score (nSPS) is 22.5. The fraction of sp³-hybridized carbons (Fsp3) is 0.529. The zero-order valence-electron chi connectivity index (χ0n) is 13.5. The van der Waals surface area contributed by atoms with Crippen LogP contribution < -0.4 is 0 Å². The van der Waals surface area contributed by atoms with Crippen molar-refractivity contribution in [1.82, 2.24) is 9.21 Å². The summed E-state index contributed by atoms with van der Waals surface area (Å²) in [5.74, 6) is 0.0318. The van der Waals surface area contributed by atoms with E-state index in [0.29, 0.717) is 30.6 Å². The summed E-state index contributed by atoms with van der Waals surface area (Å²) in [6, 6.07) is 8.72. The maximum absolute atomic E-state index is 12.7. The Kier molecular flexibility index (Phi) is 4.88. The largest absolute Gasteiger partial charge is 0.338 e. The summed E-state index contributed by atoms with van der Waals surface area (Å²) in [6.07, 6.45) is 3.07. The topological polar surface area (TPSA) is 81.5 Å². The van der Waals surface area contributed by atoms with Gasteiger partial charge in [-0.1, -0.05) is 12.1 Å². The second-order valence-electron chi connectivity index (χ2n) is 6.41. The third kappa shape index (κ3) is 3.60. The lowest BCUT2D eigenvalue weighted by Crippen LogP contribution is -2.50. The molecule has 2 aliphatic heterocycles. The van der Waals surface area contributed by atoms with E-state index in [4.69, 9.17) is 5.26 Å². The predicted molar refractivity (Wildman–Crippen MR) is 89.3 cm³/mol. The van der Waals surface area contributed by atoms with E-state index in [9.17, 15) is 13.2 Å². The minimum absolute atomic E-state index is 0.00559. The number of hydrogen-bond donors (Lipinski definition) is 0. The summed E-state index contributed by atoms with van der Waals surface area (Å²) in [5.41, 5.74) is 1.08. The SMILES string of the molecule is N#Cc1cccc(CS(=O)(=O)N2CCCC(N3CCCC3=O)C2)c1. The van der Waals surface area contributed by atoms with Gasteiger partial charge in [-0.15, -0.1) is 0 Å². The Bertz CT molecular complexity index is 770. The molecule has 6 nitrogen and oxygen atoms in total. The van der Waals surface area contributed by atoms with Gasteiger partial charge in [0.05, 0.1) is 17.4 Å². The van der Waals surface area contributed by atoms with Crippen molar-refractivity contribution >= 4 is 15.9 Å². The molecule has 1 aromatic carbocycles. The number of nitriles is 1. The third-order valence-corrected chi connectivity index (χ3v) is 6.53. The van der Waals surface area contributed by atoms with Crippen LogP contribution in [0.3, 0.4) is 0 Å². The zero-order chi connectivity index (χ0) is 17.2. The van der Waals surface area contributed by atoms with Gasteiger partial charge < -0.3 is 4.90 Å². The van der Waals surface area contributed by atoms with Crippen LogP contribution in [-0.2, 0) is 20.6 Å². The summed E-state index contributed by atoms with van der Waals surface area (Å²) < 4.78 is 27.0. The molecule has 0 radical (unpaired) electrons. The number of rotatable bonds is 4. The molecule has 0 bridgehead atoms. The molecule has 0 saturated carbocycles. The highest BCUT2D eigenvalue weighted by atomic mass is 32.2. The second-order valence-corrected chi connectivity index (χ2v) is 8.38. The van der Waals surface area contributed by atoms with Gasteiger partial charge in [0.2, 0.25) is 15.9 Å². The molecule has 0 aliphatic carbocycles. The van der Waals surface area contributed by atoms with Crippen LogP contribution in [-0.4, -0.2) is 49.2 Å². The average Bonchev–Trinajstić information content (AvgIpc) is 3.01. The van der Waals surface area contributed by atoms with E-state index in [1.165, 1.54) is 4.31 Å². The highest BCUT2D eigenvalue weighted by Gasteiger charge is 2.35. The molecule has 0 spiro atoms. The lowest BCUT2D eigenvalue weighted by molar-refractivity contribution is -0.130. The molecular weight excluding hydrogens is 326 g/mol. The molecule has 7 heteroatoms. The van der Waals surface area contributed by atoms with Gasteiger partial charge >= 0.3 is 0 Å². The van der Waals surface area contributed by atoms with E-state index in [-0.39, 0.29) is 17.7 Å². The third-order valence-electron chi connectivity index (χ3n) is 4.71. The molecule has 3 rings (SSSR count). The van der Waals surface area contributed by atoms with E-state index in [2.05, 4.69) is 0 Å². The standard InChI is InChI=1S/C17H21N3O3S/c18-11-14-4-1-5-15(10-14)13-24(22,23)19-8-2-6-16(12-19)20-9-3-7-17(20)21/h1,4-5,10,16H,2-3,6-9,12-13H2. The molecule has 2 fully saturated rings. The fourth-order valence-corrected chi connectivity index (χ4v) is 5.11. The van der Waals surface area contributed by atoms with Gasteiger partial charge in [-0.05, 0) is 37.0 Å². The number of nitrogens with zero attached hydrogens (tertiary/aromatic N) is 3. The van der Waals surface area contributed by atoms with E-state index in [1.54, 1.807) is 24.3 Å². The van der Waals surface area contributed by atoms with Crippen molar-refractivity contribution in [3.05, 3.63) is 35.4 Å². The molecule has 1 aromatic rings. The number of likely N-dealkylation sites (tertiary alicyclic amines) is 1. The quantitative estimate of drug-likeness (QED) is 0.826. The minimum atomic E-state index is -3.46. The highest BCUT2D eigenvalue weighted by Crippen LogP contribution is 2.24. The molecule has 2 aliphatic rings. The Morgan fingerprint density at radius 3 is 2.79 bits per heavy atom. The molecule has 1 atom stereocenters. The lowest BCUT2D eigenvalue weighted by Gasteiger charge is -2.36. The summed E-state index contributed by atoms with van der Waals surface area (Å²) >= 11 is 0. The second kappa shape index (κ2) is 6.91. The van der Waals surface area contributed by atoms with Crippen molar-refractivity contribution in [3.8, 4) is 6.07 Å². The zero-order valence-corrected chi connectivity index (χ0v) is 14.3. The van der Waals surface area contributed by atoms with Crippen LogP contribution in [0.25, 0.3) is 0 Å². The van der Waals surface area contributed by atoms with Gasteiger partial charge in [0.15, 0.2) is 0 Å². The Morgan fingerprint density at radius 2 is 2.08 bits per heavy atom. The Morgan fingerprint density at radius 1 is 1.25 bits per heavy atom. The Labute approximate surface area is 142 Å². The van der Waals surface area contributed by atoms with Gasteiger partial charge in [-0.3, -0.25) is 4.79 Å². The molecule has 128 valence electrons. The Hall–Kier alpha value is -1.91. The van der Waals surface area contributed by atoms with Crippen LogP contribution in [0.15, 0.2) is 24.3 Å². The number of carbonyl (C=O) groups is 1. The maximum Gasteiger partial charge on any atom is 0.222 e. The highest BCUT2D eigenvalue weighted by molar-refractivity contribution is 7.88. The first-order valence-corrected chi connectivity index (χ1v) is 9.87. The first-order chi connectivity index (χ1) is 11.5. The van der Waals surface area contributed by atoms with Gasteiger partial charge in [0, 0.05) is 32.1 Å². The van der Waals surface area contributed by atoms with Gasteiger partial charge in [0.25, 0.3) is 0 Å². The average molecular weight is 347 g/mol. The monoisotopic (exact) mass is 347 g/mol. The van der Waals surface area contributed by atoms with Crippen molar-refractivity contribution in [2.24, 2.45) is 0 Å². The number of sulfonamides is 1. The predicted octanol–water partition coefficient (Wildman–Crippen LogP) is 1.47. The van der Waals surface area contributed by atoms with E-state index in [1.807, 2.05) is 11.0 Å². The van der Waals surface area contributed by atoms with E-state index < -0.39 is 10.0 Å². The van der Waals surface area contributed by atoms with Crippen LogP contribution in [0, 0.1) is 11.3 Å². The number of carbonyl (C=O) groups excluding carboxylic acids is 1. The van der Waals surface area contributed by atoms with Gasteiger partial charge in [-0.25, -0.2) is 8.42 Å². The summed E-state index contributed by atoms with van der Waals surface area (Å²) in [4.78, 5) is 13.8. The number of amides is 1. The first kappa shape index (κ1) is 16.9. The molecule has 1 amide bonds. The van der Waals surface area contributed by atoms with E-state index >= 15 is 0 Å². The minimum Gasteiger partial charge on any atom is -0.338 e. The van der Waals surface area contributed by atoms with Crippen LogP contribution in [0.1, 0.15) is 36.8 Å². The van der Waals surface area contributed by atoms with Crippen molar-refractivity contribution in [2.45, 2.75) is 37.5 Å². The number of hydrogen-bond acceptors (Lipinski definition) is 4. The smallest absolute Gasteiger partial charge is 0.222 e. The van der Waals surface area contributed by atoms with Crippen molar-refractivity contribution in [3.63, 3.8) is 0 Å². The molecule has 24 heavy (non-hydrogen) atoms. The van der Waals surface area contributed by atoms with E-state index in [0.717, 1.165) is 25.8 Å². The van der Waals surface area contributed by atoms with Crippen molar-refractivity contribution in [1.29, 1.82) is 5.26 Å². The van der Waals surface area contributed by atoms with Gasteiger partial charge in [-0.2, -0.15) is 9.57 Å². The molecule has 1 unspecified atom stereocenters. The molecule has 0 aromatic heterocycles. The van der Waals surface area contributed by atoms with Gasteiger partial charge in [0.1, 0.15) is 0 Å². The fourth-order valence-electron chi connectivity index (χ4n) is 3.52. The summed E-state index contributed by atoms with van der Waals surface area (Å²) in [6.45, 7) is 1.62. The molecule has 2 saturated heterocycles. The van der Waals surface area contributed by atoms with Crippen LogP contribution in [0.2, 0.25) is 0 Å². The van der Waals surface area contributed by atoms with Crippen LogP contribution in [0.5, 0.6) is 0 Å². The number of benzene rings is 1. The lowest BCUT2D eigenvalue weighted by atomic mass is 10.1. The Balaban J connectivity index is 1.71. The van der Waals surface area contributed by atoms with Crippen molar-refractivity contribution in [2.75, 3.05) is 19.6 Å². The molecule has 0 N–H and O–H groups in total. The van der Waals surface area contributed by atoms with Crippen LogP contribution >= 0.6 is 0 Å².